The molecular formula is C18H31N3. The minimum atomic E-state index is 0.228. The summed E-state index contributed by atoms with van der Waals surface area (Å²) >= 11 is 0. The summed E-state index contributed by atoms with van der Waals surface area (Å²) in [7, 11) is 0. The van der Waals surface area contributed by atoms with Crippen LogP contribution >= 0.6 is 0 Å². The summed E-state index contributed by atoms with van der Waals surface area (Å²) in [6.45, 7) is 15.5. The van der Waals surface area contributed by atoms with Crippen LogP contribution in [0.2, 0.25) is 0 Å². The molecular weight excluding hydrogens is 258 g/mol. The van der Waals surface area contributed by atoms with Gasteiger partial charge in [-0.2, -0.15) is 0 Å². The first-order chi connectivity index (χ1) is 9.79. The minimum Gasteiger partial charge on any atom is -0.351 e. The Balaban J connectivity index is 2.31. The third kappa shape index (κ3) is 3.97. The zero-order valence-electron chi connectivity index (χ0n) is 14.5. The highest BCUT2D eigenvalue weighted by atomic mass is 15.3. The summed E-state index contributed by atoms with van der Waals surface area (Å²) < 4.78 is 0. The lowest BCUT2D eigenvalue weighted by Crippen LogP contribution is -2.39. The second-order valence-electron chi connectivity index (χ2n) is 7.52. The molecule has 1 fully saturated rings. The van der Waals surface area contributed by atoms with Gasteiger partial charge >= 0.3 is 0 Å². The molecule has 3 heteroatoms. The van der Waals surface area contributed by atoms with Gasteiger partial charge in [0.1, 0.15) is 5.82 Å². The monoisotopic (exact) mass is 289 g/mol. The van der Waals surface area contributed by atoms with Gasteiger partial charge in [-0.05, 0) is 50.3 Å². The van der Waals surface area contributed by atoms with Gasteiger partial charge in [0.15, 0.2) is 0 Å². The smallest absolute Gasteiger partial charge is 0.129 e. The molecule has 2 rings (SSSR count). The number of hydrogen-bond donors (Lipinski definition) is 1. The number of anilines is 1. The SMILES string of the molecule is CC(C)NCc1cc(C(C)C)nc(N2CCCC2(C)C)c1. The van der Waals surface area contributed by atoms with Crippen molar-refractivity contribution in [2.45, 2.75) is 78.4 Å². The van der Waals surface area contributed by atoms with E-state index >= 15 is 0 Å². The maximum Gasteiger partial charge on any atom is 0.129 e. The first-order valence-corrected chi connectivity index (χ1v) is 8.31. The third-order valence-corrected chi connectivity index (χ3v) is 4.37. The average molecular weight is 289 g/mol. The lowest BCUT2D eigenvalue weighted by atomic mass is 10.0. The van der Waals surface area contributed by atoms with Crippen molar-refractivity contribution in [1.29, 1.82) is 0 Å². The highest BCUT2D eigenvalue weighted by molar-refractivity contribution is 5.47. The highest BCUT2D eigenvalue weighted by Crippen LogP contribution is 2.33. The summed E-state index contributed by atoms with van der Waals surface area (Å²) in [5.74, 6) is 1.62. The van der Waals surface area contributed by atoms with E-state index in [2.05, 4.69) is 63.9 Å². The number of pyridine rings is 1. The molecule has 0 radical (unpaired) electrons. The van der Waals surface area contributed by atoms with Gasteiger partial charge in [0, 0.05) is 30.4 Å². The Morgan fingerprint density at radius 2 is 1.95 bits per heavy atom. The molecule has 1 aromatic heterocycles. The van der Waals surface area contributed by atoms with Gasteiger partial charge in [0.25, 0.3) is 0 Å². The van der Waals surface area contributed by atoms with Crippen molar-refractivity contribution >= 4 is 5.82 Å². The maximum atomic E-state index is 4.94. The van der Waals surface area contributed by atoms with E-state index in [1.807, 2.05) is 0 Å². The fourth-order valence-corrected chi connectivity index (χ4v) is 2.98. The second kappa shape index (κ2) is 6.35. The lowest BCUT2D eigenvalue weighted by Gasteiger charge is -2.33. The van der Waals surface area contributed by atoms with Crippen LogP contribution in [0.25, 0.3) is 0 Å². The lowest BCUT2D eigenvalue weighted by molar-refractivity contribution is 0.513. The van der Waals surface area contributed by atoms with Crippen molar-refractivity contribution in [1.82, 2.24) is 10.3 Å². The molecule has 0 unspecified atom stereocenters. The Labute approximate surface area is 130 Å². The number of rotatable bonds is 5. The van der Waals surface area contributed by atoms with E-state index in [-0.39, 0.29) is 5.54 Å². The minimum absolute atomic E-state index is 0.228. The highest BCUT2D eigenvalue weighted by Gasteiger charge is 2.33. The predicted octanol–water partition coefficient (Wildman–Crippen LogP) is 4.08. The van der Waals surface area contributed by atoms with E-state index in [0.717, 1.165) is 18.9 Å². The van der Waals surface area contributed by atoms with E-state index in [9.17, 15) is 0 Å². The van der Waals surface area contributed by atoms with Crippen LogP contribution in [0.15, 0.2) is 12.1 Å². The van der Waals surface area contributed by atoms with Crippen LogP contribution in [0.5, 0.6) is 0 Å². The quantitative estimate of drug-likeness (QED) is 0.885. The van der Waals surface area contributed by atoms with E-state index in [0.29, 0.717) is 12.0 Å². The molecule has 21 heavy (non-hydrogen) atoms. The summed E-state index contributed by atoms with van der Waals surface area (Å²) in [5.41, 5.74) is 2.78. The van der Waals surface area contributed by atoms with Crippen molar-refractivity contribution < 1.29 is 0 Å². The van der Waals surface area contributed by atoms with Crippen LogP contribution in [-0.4, -0.2) is 23.1 Å². The number of aromatic nitrogens is 1. The van der Waals surface area contributed by atoms with E-state index < -0.39 is 0 Å². The van der Waals surface area contributed by atoms with Gasteiger partial charge in [0.2, 0.25) is 0 Å². The Morgan fingerprint density at radius 3 is 2.48 bits per heavy atom. The molecule has 0 atom stereocenters. The van der Waals surface area contributed by atoms with Crippen molar-refractivity contribution in [2.75, 3.05) is 11.4 Å². The molecule has 1 saturated heterocycles. The molecule has 1 aliphatic heterocycles. The molecule has 0 saturated carbocycles. The molecule has 0 spiro atoms. The summed E-state index contributed by atoms with van der Waals surface area (Å²) in [6, 6.07) is 5.04. The molecule has 1 N–H and O–H groups in total. The molecule has 0 aliphatic carbocycles. The van der Waals surface area contributed by atoms with E-state index in [1.165, 1.54) is 24.1 Å². The van der Waals surface area contributed by atoms with Gasteiger partial charge in [0.05, 0.1) is 0 Å². The fraction of sp³-hybridized carbons (Fsp3) is 0.722. The first-order valence-electron chi connectivity index (χ1n) is 8.31. The van der Waals surface area contributed by atoms with Crippen molar-refractivity contribution in [3.8, 4) is 0 Å². The normalized spacial score (nSPS) is 18.0. The Kier molecular flexibility index (Phi) is 4.92. The standard InChI is InChI=1S/C18H31N3/c1-13(2)16-10-15(12-19-14(3)4)11-17(20-16)21-9-7-8-18(21,5)6/h10-11,13-14,19H,7-9,12H2,1-6H3. The predicted molar refractivity (Wildman–Crippen MR) is 91.0 cm³/mol. The van der Waals surface area contributed by atoms with Crippen LogP contribution in [0.4, 0.5) is 5.82 Å². The summed E-state index contributed by atoms with van der Waals surface area (Å²) in [6.07, 6.45) is 2.51. The van der Waals surface area contributed by atoms with Gasteiger partial charge < -0.3 is 10.2 Å². The molecule has 1 aromatic rings. The Hall–Kier alpha value is -1.09. The molecule has 118 valence electrons. The third-order valence-electron chi connectivity index (χ3n) is 4.37. The van der Waals surface area contributed by atoms with Gasteiger partial charge in [-0.1, -0.05) is 27.7 Å². The maximum absolute atomic E-state index is 4.94. The van der Waals surface area contributed by atoms with Crippen LogP contribution in [0, 0.1) is 0 Å². The number of hydrogen-bond acceptors (Lipinski definition) is 3. The van der Waals surface area contributed by atoms with Crippen molar-refractivity contribution in [2.24, 2.45) is 0 Å². The largest absolute Gasteiger partial charge is 0.351 e. The summed E-state index contributed by atoms with van der Waals surface area (Å²) in [4.78, 5) is 7.42. The van der Waals surface area contributed by atoms with Gasteiger partial charge in [-0.25, -0.2) is 4.98 Å². The number of nitrogens with one attached hydrogen (secondary N) is 1. The average Bonchev–Trinajstić information content (AvgIpc) is 2.75. The zero-order valence-corrected chi connectivity index (χ0v) is 14.5. The van der Waals surface area contributed by atoms with E-state index in [4.69, 9.17) is 4.98 Å². The van der Waals surface area contributed by atoms with E-state index in [1.54, 1.807) is 0 Å². The molecule has 0 bridgehead atoms. The van der Waals surface area contributed by atoms with Crippen LogP contribution in [-0.2, 0) is 6.54 Å². The number of nitrogens with zero attached hydrogens (tertiary/aromatic N) is 2. The molecule has 3 nitrogen and oxygen atoms in total. The molecule has 0 aromatic carbocycles. The van der Waals surface area contributed by atoms with Crippen molar-refractivity contribution in [3.63, 3.8) is 0 Å². The second-order valence-corrected chi connectivity index (χ2v) is 7.52. The van der Waals surface area contributed by atoms with Crippen molar-refractivity contribution in [3.05, 3.63) is 23.4 Å². The van der Waals surface area contributed by atoms with Gasteiger partial charge in [-0.3, -0.25) is 0 Å². The van der Waals surface area contributed by atoms with Gasteiger partial charge in [-0.15, -0.1) is 0 Å². The Morgan fingerprint density at radius 1 is 1.24 bits per heavy atom. The Bertz CT molecular complexity index is 477. The molecule has 1 aliphatic rings. The first kappa shape index (κ1) is 16.3. The fourth-order valence-electron chi connectivity index (χ4n) is 2.98. The van der Waals surface area contributed by atoms with Crippen LogP contribution < -0.4 is 10.2 Å². The molecule has 2 heterocycles. The zero-order chi connectivity index (χ0) is 15.6. The summed E-state index contributed by atoms with van der Waals surface area (Å²) in [5, 5.41) is 3.52. The van der Waals surface area contributed by atoms with Crippen LogP contribution in [0.3, 0.4) is 0 Å². The molecule has 0 amide bonds. The topological polar surface area (TPSA) is 28.2 Å². The van der Waals surface area contributed by atoms with Crippen LogP contribution in [0.1, 0.15) is 71.6 Å².